The molecule has 1 N–H and O–H groups in total. The van der Waals surface area contributed by atoms with Gasteiger partial charge in [0.1, 0.15) is 4.83 Å². The number of carbonyl (C=O) groups is 2. The maximum atomic E-state index is 12.8. The molecule has 0 aromatic carbocycles. The third-order valence-electron chi connectivity index (χ3n) is 4.26. The maximum absolute atomic E-state index is 12.8. The highest BCUT2D eigenvalue weighted by Gasteiger charge is 2.30. The van der Waals surface area contributed by atoms with Crippen molar-refractivity contribution in [3.05, 3.63) is 27.1 Å². The van der Waals surface area contributed by atoms with Gasteiger partial charge in [0.2, 0.25) is 0 Å². The summed E-state index contributed by atoms with van der Waals surface area (Å²) < 4.78 is 1.39. The van der Waals surface area contributed by atoms with E-state index in [1.54, 1.807) is 18.9 Å². The summed E-state index contributed by atoms with van der Waals surface area (Å²) in [6.07, 6.45) is 2.70. The van der Waals surface area contributed by atoms with Crippen LogP contribution >= 0.6 is 11.3 Å². The lowest BCUT2D eigenvalue weighted by molar-refractivity contribution is -0.143. The SMILES string of the molecule is Cc1c(C(=O)N2CCCC(C(=O)O)C2)sc2ncn(C)c(=O)c12. The first kappa shape index (κ1) is 15.7. The van der Waals surface area contributed by atoms with Crippen molar-refractivity contribution in [2.45, 2.75) is 19.8 Å². The van der Waals surface area contributed by atoms with Crippen molar-refractivity contribution >= 4 is 33.4 Å². The molecule has 0 aliphatic carbocycles. The lowest BCUT2D eigenvalue weighted by atomic mass is 9.98. The highest BCUT2D eigenvalue weighted by atomic mass is 32.1. The molecule has 1 atom stereocenters. The second kappa shape index (κ2) is 5.77. The highest BCUT2D eigenvalue weighted by molar-refractivity contribution is 7.20. The average Bonchev–Trinajstić information content (AvgIpc) is 2.88. The molecule has 2 aromatic rings. The second-order valence-electron chi connectivity index (χ2n) is 5.83. The van der Waals surface area contributed by atoms with E-state index >= 15 is 0 Å². The monoisotopic (exact) mass is 335 g/mol. The summed E-state index contributed by atoms with van der Waals surface area (Å²) in [5, 5.41) is 9.62. The summed E-state index contributed by atoms with van der Waals surface area (Å²) in [6, 6.07) is 0. The summed E-state index contributed by atoms with van der Waals surface area (Å²) in [7, 11) is 1.62. The summed E-state index contributed by atoms with van der Waals surface area (Å²) in [5.41, 5.74) is 0.450. The molecule has 23 heavy (non-hydrogen) atoms. The van der Waals surface area contributed by atoms with Gasteiger partial charge in [0.15, 0.2) is 0 Å². The van der Waals surface area contributed by atoms with E-state index in [4.69, 9.17) is 5.11 Å². The van der Waals surface area contributed by atoms with Crippen molar-refractivity contribution in [1.82, 2.24) is 14.5 Å². The minimum Gasteiger partial charge on any atom is -0.481 e. The van der Waals surface area contributed by atoms with Gasteiger partial charge in [0, 0.05) is 20.1 Å². The smallest absolute Gasteiger partial charge is 0.308 e. The lowest BCUT2D eigenvalue weighted by Gasteiger charge is -2.30. The minimum atomic E-state index is -0.869. The summed E-state index contributed by atoms with van der Waals surface area (Å²) in [6.45, 7) is 2.50. The fourth-order valence-electron chi connectivity index (χ4n) is 2.92. The molecule has 1 amide bonds. The summed E-state index contributed by atoms with van der Waals surface area (Å²) >= 11 is 1.20. The molecule has 0 radical (unpaired) electrons. The van der Waals surface area contributed by atoms with Gasteiger partial charge in [0.05, 0.1) is 22.5 Å². The van der Waals surface area contributed by atoms with Crippen molar-refractivity contribution in [1.29, 1.82) is 0 Å². The van der Waals surface area contributed by atoms with Crippen molar-refractivity contribution in [2.24, 2.45) is 13.0 Å². The van der Waals surface area contributed by atoms with Crippen molar-refractivity contribution in [3.63, 3.8) is 0 Å². The molecule has 1 fully saturated rings. The molecule has 8 heteroatoms. The second-order valence-corrected chi connectivity index (χ2v) is 6.82. The third-order valence-corrected chi connectivity index (χ3v) is 5.45. The number of piperidine rings is 1. The normalized spacial score (nSPS) is 18.3. The van der Waals surface area contributed by atoms with Gasteiger partial charge in [0.25, 0.3) is 11.5 Å². The van der Waals surface area contributed by atoms with E-state index in [1.807, 2.05) is 0 Å². The van der Waals surface area contributed by atoms with Crippen LogP contribution in [0.1, 0.15) is 28.1 Å². The van der Waals surface area contributed by atoms with Crippen LogP contribution < -0.4 is 5.56 Å². The largest absolute Gasteiger partial charge is 0.481 e. The number of fused-ring (bicyclic) bond motifs is 1. The number of aromatic nitrogens is 2. The van der Waals surface area contributed by atoms with Gasteiger partial charge < -0.3 is 14.6 Å². The Morgan fingerprint density at radius 1 is 1.43 bits per heavy atom. The third kappa shape index (κ3) is 2.63. The van der Waals surface area contributed by atoms with Crippen LogP contribution in [0.5, 0.6) is 0 Å². The predicted octanol–water partition coefficient (Wildman–Crippen LogP) is 1.24. The summed E-state index contributed by atoms with van der Waals surface area (Å²) in [4.78, 5) is 43.0. The van der Waals surface area contributed by atoms with E-state index in [1.165, 1.54) is 22.2 Å². The molecule has 122 valence electrons. The Bertz CT molecular complexity index is 854. The lowest BCUT2D eigenvalue weighted by Crippen LogP contribution is -2.42. The molecular formula is C15H17N3O4S. The van der Waals surface area contributed by atoms with Crippen LogP contribution in [-0.2, 0) is 11.8 Å². The molecule has 1 saturated heterocycles. The van der Waals surface area contributed by atoms with Gasteiger partial charge in [-0.05, 0) is 25.3 Å². The fourth-order valence-corrected chi connectivity index (χ4v) is 4.03. The van der Waals surface area contributed by atoms with Gasteiger partial charge in [-0.3, -0.25) is 14.4 Å². The van der Waals surface area contributed by atoms with E-state index in [2.05, 4.69) is 4.98 Å². The number of hydrogen-bond acceptors (Lipinski definition) is 5. The molecular weight excluding hydrogens is 318 g/mol. The van der Waals surface area contributed by atoms with E-state index in [0.29, 0.717) is 40.0 Å². The van der Waals surface area contributed by atoms with Crippen molar-refractivity contribution in [2.75, 3.05) is 13.1 Å². The van der Waals surface area contributed by atoms with Crippen molar-refractivity contribution in [3.8, 4) is 0 Å². The van der Waals surface area contributed by atoms with Gasteiger partial charge in [-0.15, -0.1) is 11.3 Å². The highest BCUT2D eigenvalue weighted by Crippen LogP contribution is 2.29. The van der Waals surface area contributed by atoms with Crippen LogP contribution in [0.15, 0.2) is 11.1 Å². The molecule has 1 unspecified atom stereocenters. The topological polar surface area (TPSA) is 92.5 Å². The predicted molar refractivity (Wildman–Crippen MR) is 85.9 cm³/mol. The Morgan fingerprint density at radius 3 is 2.87 bits per heavy atom. The number of amides is 1. The molecule has 1 aliphatic rings. The number of carboxylic acids is 1. The maximum Gasteiger partial charge on any atom is 0.308 e. The molecule has 1 aliphatic heterocycles. The number of carbonyl (C=O) groups excluding carboxylic acids is 1. The molecule has 2 aromatic heterocycles. The Hall–Kier alpha value is -2.22. The Labute approximate surface area is 136 Å². The van der Waals surface area contributed by atoms with E-state index < -0.39 is 11.9 Å². The number of aliphatic carboxylic acids is 1. The van der Waals surface area contributed by atoms with Crippen LogP contribution in [0, 0.1) is 12.8 Å². The Kier molecular flexibility index (Phi) is 3.93. The number of aryl methyl sites for hydroxylation is 2. The molecule has 0 spiro atoms. The standard InChI is InChI=1S/C15H17N3O4S/c1-8-10-12(16-7-17(2)13(10)19)23-11(8)14(20)18-5-3-4-9(6-18)15(21)22/h7,9H,3-6H2,1-2H3,(H,21,22). The number of carboxylic acid groups (broad SMARTS) is 1. The fraction of sp³-hybridized carbons (Fsp3) is 0.467. The Morgan fingerprint density at radius 2 is 2.17 bits per heavy atom. The van der Waals surface area contributed by atoms with Gasteiger partial charge >= 0.3 is 5.97 Å². The van der Waals surface area contributed by atoms with Gasteiger partial charge in [-0.1, -0.05) is 0 Å². The molecule has 0 bridgehead atoms. The van der Waals surface area contributed by atoms with E-state index in [0.717, 1.165) is 0 Å². The van der Waals surface area contributed by atoms with Crippen LogP contribution in [0.25, 0.3) is 10.2 Å². The van der Waals surface area contributed by atoms with Crippen LogP contribution in [0.3, 0.4) is 0 Å². The van der Waals surface area contributed by atoms with Crippen LogP contribution in [0.2, 0.25) is 0 Å². The number of rotatable bonds is 2. The molecule has 0 saturated carbocycles. The zero-order chi connectivity index (χ0) is 16.7. The zero-order valence-electron chi connectivity index (χ0n) is 12.9. The first-order chi connectivity index (χ1) is 10.9. The van der Waals surface area contributed by atoms with Gasteiger partial charge in [-0.25, -0.2) is 4.98 Å². The van der Waals surface area contributed by atoms with E-state index in [-0.39, 0.29) is 18.0 Å². The zero-order valence-corrected chi connectivity index (χ0v) is 13.7. The summed E-state index contributed by atoms with van der Waals surface area (Å²) in [5.74, 6) is -1.60. The number of hydrogen-bond donors (Lipinski definition) is 1. The first-order valence-corrected chi connectivity index (χ1v) is 8.18. The first-order valence-electron chi connectivity index (χ1n) is 7.37. The van der Waals surface area contributed by atoms with E-state index in [9.17, 15) is 14.4 Å². The van der Waals surface area contributed by atoms with Crippen LogP contribution in [0.4, 0.5) is 0 Å². The van der Waals surface area contributed by atoms with Gasteiger partial charge in [-0.2, -0.15) is 0 Å². The number of likely N-dealkylation sites (tertiary alicyclic amines) is 1. The van der Waals surface area contributed by atoms with Crippen LogP contribution in [-0.4, -0.2) is 44.5 Å². The molecule has 3 heterocycles. The molecule has 3 rings (SSSR count). The number of thiophene rings is 1. The Balaban J connectivity index is 1.98. The quantitative estimate of drug-likeness (QED) is 0.891. The van der Waals surface area contributed by atoms with Crippen molar-refractivity contribution < 1.29 is 14.7 Å². The minimum absolute atomic E-state index is 0.176. The average molecular weight is 335 g/mol. The number of nitrogens with zero attached hydrogens (tertiary/aromatic N) is 3. The molecule has 7 nitrogen and oxygen atoms in total.